The second-order valence-corrected chi connectivity index (χ2v) is 7.21. The molecule has 0 aliphatic rings. The van der Waals surface area contributed by atoms with Crippen molar-refractivity contribution in [3.63, 3.8) is 0 Å². The Hall–Kier alpha value is -2.18. The van der Waals surface area contributed by atoms with Gasteiger partial charge in [-0.2, -0.15) is 0 Å². The molecule has 0 saturated heterocycles. The second-order valence-electron chi connectivity index (χ2n) is 5.21. The lowest BCUT2D eigenvalue weighted by Gasteiger charge is -2.16. The summed E-state index contributed by atoms with van der Waals surface area (Å²) in [6.45, 7) is 0. The van der Waals surface area contributed by atoms with Gasteiger partial charge >= 0.3 is 5.97 Å². The molecule has 1 amide bonds. The molecule has 7 heteroatoms. The summed E-state index contributed by atoms with van der Waals surface area (Å²) in [6.07, 6.45) is 0.202. The number of ether oxygens (including phenoxy) is 1. The molecule has 0 saturated carbocycles. The normalized spacial score (nSPS) is 12.9. The highest BCUT2D eigenvalue weighted by molar-refractivity contribution is 7.85. The van der Waals surface area contributed by atoms with E-state index in [0.717, 1.165) is 0 Å². The predicted molar refractivity (Wildman–Crippen MR) is 97.1 cm³/mol. The van der Waals surface area contributed by atoms with Crippen molar-refractivity contribution >= 4 is 34.3 Å². The van der Waals surface area contributed by atoms with Gasteiger partial charge in [0.1, 0.15) is 6.04 Å². The lowest BCUT2D eigenvalue weighted by Crippen LogP contribution is -2.42. The Morgan fingerprint density at radius 1 is 1.12 bits per heavy atom. The van der Waals surface area contributed by atoms with Crippen LogP contribution < -0.4 is 5.32 Å². The third kappa shape index (κ3) is 5.69. The zero-order valence-corrected chi connectivity index (χ0v) is 15.2. The van der Waals surface area contributed by atoms with Crippen LogP contribution in [0, 0.1) is 0 Å². The van der Waals surface area contributed by atoms with Crippen LogP contribution in [-0.2, 0) is 20.3 Å². The first-order valence-corrected chi connectivity index (χ1v) is 9.28. The summed E-state index contributed by atoms with van der Waals surface area (Å²) in [5.41, 5.74) is 0.377. The molecule has 0 aliphatic heterocycles. The molecule has 2 rings (SSSR count). The van der Waals surface area contributed by atoms with E-state index in [1.165, 1.54) is 7.11 Å². The summed E-state index contributed by atoms with van der Waals surface area (Å²) in [4.78, 5) is 24.9. The summed E-state index contributed by atoms with van der Waals surface area (Å²) in [5.74, 6) is -0.769. The van der Waals surface area contributed by atoms with Gasteiger partial charge in [-0.05, 0) is 42.8 Å². The van der Waals surface area contributed by atoms with Gasteiger partial charge in [0.2, 0.25) is 0 Å². The summed E-state index contributed by atoms with van der Waals surface area (Å²) in [5, 5.41) is 3.13. The topological polar surface area (TPSA) is 72.5 Å². The number of hydrogen-bond acceptors (Lipinski definition) is 4. The minimum absolute atomic E-state index is 0.202. The summed E-state index contributed by atoms with van der Waals surface area (Å²) in [7, 11) is -0.0135. The molecule has 1 N–H and O–H groups in total. The molecule has 0 unspecified atom stereocenters. The molecule has 25 heavy (non-hydrogen) atoms. The van der Waals surface area contributed by atoms with E-state index >= 15 is 0 Å². The van der Waals surface area contributed by atoms with Gasteiger partial charge in [0.25, 0.3) is 5.91 Å². The van der Waals surface area contributed by atoms with E-state index in [0.29, 0.717) is 15.5 Å². The number of nitrogens with one attached hydrogen (secondary N) is 1. The zero-order valence-electron chi connectivity index (χ0n) is 13.6. The van der Waals surface area contributed by atoms with Crippen LogP contribution in [0.2, 0.25) is 5.02 Å². The van der Waals surface area contributed by atoms with E-state index in [4.69, 9.17) is 16.3 Å². The van der Waals surface area contributed by atoms with Crippen LogP contribution in [0.15, 0.2) is 59.5 Å². The van der Waals surface area contributed by atoms with Gasteiger partial charge < -0.3 is 10.1 Å². The third-order valence-electron chi connectivity index (χ3n) is 3.50. The summed E-state index contributed by atoms with van der Waals surface area (Å²) < 4.78 is 17.0. The minimum Gasteiger partial charge on any atom is -0.467 e. The van der Waals surface area contributed by atoms with Crippen molar-refractivity contribution < 1.29 is 18.5 Å². The van der Waals surface area contributed by atoms with E-state index in [9.17, 15) is 13.8 Å². The predicted octanol–water partition coefficient (Wildman–Crippen LogP) is 2.81. The van der Waals surface area contributed by atoms with Gasteiger partial charge in [-0.15, -0.1) is 0 Å². The number of benzene rings is 2. The van der Waals surface area contributed by atoms with E-state index in [1.807, 2.05) is 6.07 Å². The number of halogens is 1. The van der Waals surface area contributed by atoms with Crippen molar-refractivity contribution in [2.45, 2.75) is 17.4 Å². The van der Waals surface area contributed by atoms with Crippen molar-refractivity contribution in [3.8, 4) is 0 Å². The van der Waals surface area contributed by atoms with Crippen molar-refractivity contribution in [3.05, 3.63) is 65.2 Å². The second kappa shape index (κ2) is 9.34. The molecule has 0 aliphatic carbocycles. The Balaban J connectivity index is 2.01. The van der Waals surface area contributed by atoms with Gasteiger partial charge in [0.05, 0.1) is 17.9 Å². The van der Waals surface area contributed by atoms with Gasteiger partial charge in [-0.3, -0.25) is 9.00 Å². The highest BCUT2D eigenvalue weighted by Gasteiger charge is 2.23. The highest BCUT2D eigenvalue weighted by Crippen LogP contribution is 2.11. The molecule has 2 atom stereocenters. The fourth-order valence-corrected chi connectivity index (χ4v) is 3.42. The van der Waals surface area contributed by atoms with Crippen LogP contribution in [0.1, 0.15) is 16.8 Å². The molecular formula is C18H18ClNO4S. The quantitative estimate of drug-likeness (QED) is 0.751. The summed E-state index contributed by atoms with van der Waals surface area (Å²) in [6, 6.07) is 14.4. The van der Waals surface area contributed by atoms with Crippen molar-refractivity contribution in [1.82, 2.24) is 5.32 Å². The average molecular weight is 380 g/mol. The maximum absolute atomic E-state index is 12.3. The smallest absolute Gasteiger partial charge is 0.328 e. The average Bonchev–Trinajstić information content (AvgIpc) is 2.65. The first kappa shape index (κ1) is 19.1. The van der Waals surface area contributed by atoms with Crippen LogP contribution in [0.25, 0.3) is 0 Å². The Kier molecular flexibility index (Phi) is 7.16. The Morgan fingerprint density at radius 3 is 2.36 bits per heavy atom. The number of esters is 1. The van der Waals surface area contributed by atoms with Gasteiger partial charge in [-0.1, -0.05) is 29.8 Å². The maximum atomic E-state index is 12.3. The molecule has 0 fully saturated rings. The Morgan fingerprint density at radius 2 is 1.76 bits per heavy atom. The van der Waals surface area contributed by atoms with Crippen LogP contribution in [0.5, 0.6) is 0 Å². The Labute approximate surface area is 153 Å². The number of carbonyl (C=O) groups excluding carboxylic acids is 2. The zero-order chi connectivity index (χ0) is 18.2. The SMILES string of the molecule is COC(=O)[C@@H](CC[S@](=O)c1ccccc1)NC(=O)c1ccc(Cl)cc1. The molecule has 2 aromatic carbocycles. The molecule has 0 spiro atoms. The third-order valence-corrected chi connectivity index (χ3v) is 5.15. The molecule has 2 aromatic rings. The van der Waals surface area contributed by atoms with Crippen LogP contribution in [0.3, 0.4) is 0 Å². The van der Waals surface area contributed by atoms with Crippen molar-refractivity contribution in [1.29, 1.82) is 0 Å². The van der Waals surface area contributed by atoms with E-state index in [1.54, 1.807) is 48.5 Å². The molecule has 0 aromatic heterocycles. The van der Waals surface area contributed by atoms with Crippen molar-refractivity contribution in [2.75, 3.05) is 12.9 Å². The van der Waals surface area contributed by atoms with Crippen LogP contribution in [-0.4, -0.2) is 35.0 Å². The lowest BCUT2D eigenvalue weighted by atomic mass is 10.1. The van der Waals surface area contributed by atoms with Crippen molar-refractivity contribution in [2.24, 2.45) is 0 Å². The molecule has 0 bridgehead atoms. The molecular weight excluding hydrogens is 362 g/mol. The number of rotatable bonds is 7. The molecule has 0 radical (unpaired) electrons. The fourth-order valence-electron chi connectivity index (χ4n) is 2.15. The standard InChI is InChI=1S/C18H18ClNO4S/c1-24-18(22)16(11-12-25(23)15-5-3-2-4-6-15)20-17(21)13-7-9-14(19)10-8-13/h2-10,16H,11-12H2,1H3,(H,20,21)/t16-,25+/m1/s1. The van der Waals surface area contributed by atoms with E-state index in [2.05, 4.69) is 5.32 Å². The monoisotopic (exact) mass is 379 g/mol. The number of amides is 1. The number of hydrogen-bond donors (Lipinski definition) is 1. The number of methoxy groups -OCH3 is 1. The van der Waals surface area contributed by atoms with Crippen LogP contribution >= 0.6 is 11.6 Å². The number of carbonyl (C=O) groups is 2. The first-order valence-electron chi connectivity index (χ1n) is 7.59. The largest absolute Gasteiger partial charge is 0.467 e. The summed E-state index contributed by atoms with van der Waals surface area (Å²) >= 11 is 5.80. The first-order chi connectivity index (χ1) is 12.0. The fraction of sp³-hybridized carbons (Fsp3) is 0.222. The maximum Gasteiger partial charge on any atom is 0.328 e. The lowest BCUT2D eigenvalue weighted by molar-refractivity contribution is -0.142. The van der Waals surface area contributed by atoms with E-state index in [-0.39, 0.29) is 12.2 Å². The minimum atomic E-state index is -1.26. The van der Waals surface area contributed by atoms with Crippen LogP contribution in [0.4, 0.5) is 0 Å². The molecule has 0 heterocycles. The highest BCUT2D eigenvalue weighted by atomic mass is 35.5. The Bertz CT molecular complexity index is 749. The van der Waals surface area contributed by atoms with Gasteiger partial charge in [0, 0.05) is 21.2 Å². The molecule has 132 valence electrons. The van der Waals surface area contributed by atoms with Gasteiger partial charge in [-0.25, -0.2) is 4.79 Å². The van der Waals surface area contributed by atoms with Gasteiger partial charge in [0.15, 0.2) is 0 Å². The van der Waals surface area contributed by atoms with E-state index < -0.39 is 28.7 Å². The molecule has 5 nitrogen and oxygen atoms in total.